The van der Waals surface area contributed by atoms with Crippen molar-refractivity contribution in [2.24, 2.45) is 52.3 Å². The van der Waals surface area contributed by atoms with Crippen molar-refractivity contribution >= 4 is 21.7 Å². The van der Waals surface area contributed by atoms with Crippen molar-refractivity contribution in [1.29, 1.82) is 0 Å². The largest absolute Gasteiger partial charge is 0.281 e. The molecule has 0 bridgehead atoms. The molecule has 4 fully saturated rings. The Morgan fingerprint density at radius 2 is 1.61 bits per heavy atom. The molecule has 0 saturated heterocycles. The van der Waals surface area contributed by atoms with E-state index >= 15 is 0 Å². The van der Waals surface area contributed by atoms with Gasteiger partial charge in [-0.2, -0.15) is 8.42 Å². The summed E-state index contributed by atoms with van der Waals surface area (Å²) >= 11 is 5.60. The molecule has 192 valence electrons. The van der Waals surface area contributed by atoms with E-state index in [1.165, 1.54) is 57.8 Å². The quantitative estimate of drug-likeness (QED) is 0.250. The summed E-state index contributed by atoms with van der Waals surface area (Å²) in [6, 6.07) is 0. The van der Waals surface area contributed by atoms with Gasteiger partial charge in [0.05, 0.1) is 6.10 Å². The van der Waals surface area contributed by atoms with Crippen molar-refractivity contribution in [2.45, 2.75) is 118 Å². The molecule has 5 heteroatoms. The molecule has 0 radical (unpaired) electrons. The highest BCUT2D eigenvalue weighted by atomic mass is 35.5. The third-order valence-corrected chi connectivity index (χ3v) is 12.9. The fraction of sp³-hybridized carbons (Fsp3) is 1.00. The number of fused-ring (bicyclic) bond motifs is 5. The summed E-state index contributed by atoms with van der Waals surface area (Å²) in [5.74, 6) is 5.78. The van der Waals surface area contributed by atoms with Crippen LogP contribution in [0.25, 0.3) is 0 Å². The lowest BCUT2D eigenvalue weighted by molar-refractivity contribution is -0.126. The van der Waals surface area contributed by atoms with Gasteiger partial charge >= 0.3 is 0 Å². The molecule has 0 aliphatic heterocycles. The number of rotatable bonds is 8. The second-order valence-electron chi connectivity index (χ2n) is 13.3. The average molecular weight is 501 g/mol. The highest BCUT2D eigenvalue weighted by molar-refractivity contribution is 7.87. The molecule has 0 amide bonds. The van der Waals surface area contributed by atoms with E-state index < -0.39 is 15.3 Å². The third-order valence-electron chi connectivity index (χ3n) is 11.2. The molecule has 0 heterocycles. The van der Waals surface area contributed by atoms with Gasteiger partial charge in [-0.25, -0.2) is 0 Å². The first-order valence-electron chi connectivity index (χ1n) is 14.0. The summed E-state index contributed by atoms with van der Waals surface area (Å²) < 4.78 is 29.3. The fourth-order valence-corrected chi connectivity index (χ4v) is 10.4. The number of hydrogen-bond donors (Lipinski definition) is 0. The van der Waals surface area contributed by atoms with Gasteiger partial charge in [0.25, 0.3) is 10.1 Å². The van der Waals surface area contributed by atoms with Crippen LogP contribution in [0.4, 0.5) is 0 Å². The SMILES string of the molecule is CC(C)CCC[C@@H](C)[C@H]1CC[C@H]2[C@@H]3CC[C@@H]4C[C@H](OS(=O)(=O)CCl)CC[C@]4(C)[C@H]3CC[C@]12C. The Bertz CT molecular complexity index is 782. The summed E-state index contributed by atoms with van der Waals surface area (Å²) in [7, 11) is -3.58. The molecular weight excluding hydrogens is 452 g/mol. The molecule has 0 N–H and O–H groups in total. The minimum absolute atomic E-state index is 0.167. The predicted octanol–water partition coefficient (Wildman–Crippen LogP) is 8.02. The van der Waals surface area contributed by atoms with E-state index in [4.69, 9.17) is 15.8 Å². The maximum atomic E-state index is 11.9. The second-order valence-corrected chi connectivity index (χ2v) is 15.5. The number of alkyl halides is 1. The van der Waals surface area contributed by atoms with Gasteiger partial charge in [-0.05, 0) is 110 Å². The van der Waals surface area contributed by atoms with Gasteiger partial charge in [0.2, 0.25) is 0 Å². The smallest absolute Gasteiger partial charge is 0.266 e. The minimum atomic E-state index is -3.58. The van der Waals surface area contributed by atoms with Crippen LogP contribution in [0.5, 0.6) is 0 Å². The van der Waals surface area contributed by atoms with Gasteiger partial charge in [-0.1, -0.05) is 53.9 Å². The average Bonchev–Trinajstić information content (AvgIpc) is 3.11. The van der Waals surface area contributed by atoms with Crippen LogP contribution < -0.4 is 0 Å². The van der Waals surface area contributed by atoms with Crippen molar-refractivity contribution in [3.05, 3.63) is 0 Å². The van der Waals surface area contributed by atoms with Gasteiger partial charge in [-0.15, -0.1) is 11.6 Å². The summed E-state index contributed by atoms with van der Waals surface area (Å²) in [6.45, 7) is 12.5. The van der Waals surface area contributed by atoms with Gasteiger partial charge in [-0.3, -0.25) is 4.18 Å². The highest BCUT2D eigenvalue weighted by Gasteiger charge is 2.60. The number of halogens is 1. The Morgan fingerprint density at radius 3 is 2.30 bits per heavy atom. The van der Waals surface area contributed by atoms with E-state index in [-0.39, 0.29) is 6.10 Å². The van der Waals surface area contributed by atoms with E-state index in [1.54, 1.807) is 0 Å². The van der Waals surface area contributed by atoms with E-state index in [0.29, 0.717) is 16.7 Å². The molecule has 4 aliphatic rings. The molecular formula is C28H49ClO3S. The van der Waals surface area contributed by atoms with Crippen LogP contribution in [0.1, 0.15) is 112 Å². The molecule has 0 aromatic carbocycles. The first-order chi connectivity index (χ1) is 15.5. The minimum Gasteiger partial charge on any atom is -0.266 e. The predicted molar refractivity (Wildman–Crippen MR) is 138 cm³/mol. The topological polar surface area (TPSA) is 43.4 Å². The van der Waals surface area contributed by atoms with Crippen LogP contribution in [-0.2, 0) is 14.3 Å². The first-order valence-corrected chi connectivity index (χ1v) is 16.1. The lowest BCUT2D eigenvalue weighted by Crippen LogP contribution is -2.54. The Balaban J connectivity index is 1.42. The molecule has 3 nitrogen and oxygen atoms in total. The van der Waals surface area contributed by atoms with Crippen LogP contribution in [0, 0.1) is 52.3 Å². The Labute approximate surface area is 209 Å². The Kier molecular flexibility index (Phi) is 7.90. The number of hydrogen-bond acceptors (Lipinski definition) is 3. The van der Waals surface area contributed by atoms with Gasteiger partial charge < -0.3 is 0 Å². The maximum absolute atomic E-state index is 11.9. The van der Waals surface area contributed by atoms with Gasteiger partial charge in [0, 0.05) is 0 Å². The maximum Gasteiger partial charge on any atom is 0.281 e. The van der Waals surface area contributed by atoms with Crippen LogP contribution in [0.15, 0.2) is 0 Å². The van der Waals surface area contributed by atoms with Crippen molar-refractivity contribution in [3.63, 3.8) is 0 Å². The zero-order valence-corrected chi connectivity index (χ0v) is 23.4. The standard InChI is InChI=1S/C28H49ClO3S/c1-19(2)7-6-8-20(3)24-11-12-25-23-10-9-21-17-22(32-33(30,31)18-29)13-15-27(21,4)26(23)14-16-28(24,25)5/h19-26H,6-18H2,1-5H3/t20-,21-,22-,23+,24-,25+,26+,27+,28-/m1/s1. The Hall–Kier alpha value is 0.200. The normalized spacial score (nSPS) is 44.2. The zero-order chi connectivity index (χ0) is 24.0. The van der Waals surface area contributed by atoms with Crippen LogP contribution in [-0.4, -0.2) is 19.7 Å². The van der Waals surface area contributed by atoms with Crippen LogP contribution in [0.3, 0.4) is 0 Å². The van der Waals surface area contributed by atoms with Crippen molar-refractivity contribution in [1.82, 2.24) is 0 Å². The highest BCUT2D eigenvalue weighted by Crippen LogP contribution is 2.68. The summed E-state index contributed by atoms with van der Waals surface area (Å²) in [5, 5.41) is -0.437. The fourth-order valence-electron chi connectivity index (χ4n) is 9.56. The summed E-state index contributed by atoms with van der Waals surface area (Å²) in [5.41, 5.74) is 0.895. The zero-order valence-electron chi connectivity index (χ0n) is 21.8. The molecule has 9 atom stereocenters. The molecule has 0 spiro atoms. The lowest BCUT2D eigenvalue weighted by atomic mass is 9.44. The van der Waals surface area contributed by atoms with E-state index in [9.17, 15) is 8.42 Å². The van der Waals surface area contributed by atoms with E-state index in [1.807, 2.05) is 0 Å². The molecule has 4 saturated carbocycles. The van der Waals surface area contributed by atoms with E-state index in [2.05, 4.69) is 34.6 Å². The molecule has 0 aromatic rings. The Morgan fingerprint density at radius 1 is 0.909 bits per heavy atom. The second kappa shape index (κ2) is 9.92. The van der Waals surface area contributed by atoms with Gasteiger partial charge in [0.15, 0.2) is 0 Å². The first kappa shape index (κ1) is 26.3. The van der Waals surface area contributed by atoms with Crippen molar-refractivity contribution in [3.8, 4) is 0 Å². The van der Waals surface area contributed by atoms with E-state index in [0.717, 1.165) is 54.8 Å². The molecule has 4 aliphatic carbocycles. The van der Waals surface area contributed by atoms with Crippen molar-refractivity contribution in [2.75, 3.05) is 5.21 Å². The van der Waals surface area contributed by atoms with Gasteiger partial charge in [0.1, 0.15) is 5.21 Å². The molecule has 0 unspecified atom stereocenters. The summed E-state index contributed by atoms with van der Waals surface area (Å²) in [6.07, 6.45) is 15.1. The molecule has 4 rings (SSSR count). The third kappa shape index (κ3) is 5.06. The molecule has 0 aromatic heterocycles. The monoisotopic (exact) mass is 500 g/mol. The van der Waals surface area contributed by atoms with Crippen LogP contribution in [0.2, 0.25) is 0 Å². The van der Waals surface area contributed by atoms with Crippen LogP contribution >= 0.6 is 11.6 Å². The summed E-state index contributed by atoms with van der Waals surface area (Å²) in [4.78, 5) is 0. The lowest BCUT2D eigenvalue weighted by Gasteiger charge is -2.61. The molecule has 33 heavy (non-hydrogen) atoms. The van der Waals surface area contributed by atoms with Crippen molar-refractivity contribution < 1.29 is 12.6 Å².